The van der Waals surface area contributed by atoms with E-state index in [2.05, 4.69) is 0 Å². The summed E-state index contributed by atoms with van der Waals surface area (Å²) in [5.74, 6) is -0.620. The number of carbonyl (C=O) groups excluding carboxylic acids is 3. The van der Waals surface area contributed by atoms with Crippen LogP contribution in [-0.4, -0.2) is 37.2 Å². The first-order chi connectivity index (χ1) is 9.30. The van der Waals surface area contributed by atoms with Gasteiger partial charge in [0.2, 0.25) is 5.91 Å². The Kier molecular flexibility index (Phi) is 3.75. The first-order valence-electron chi connectivity index (χ1n) is 7.11. The Morgan fingerprint density at radius 2 is 2.10 bits per heavy atom. The average Bonchev–Trinajstić information content (AvgIpc) is 2.81. The number of aldehydes is 1. The molecular formula is C15H23NO4. The van der Waals surface area contributed by atoms with Gasteiger partial charge in [0.1, 0.15) is 12.1 Å². The van der Waals surface area contributed by atoms with Crippen LogP contribution in [0.1, 0.15) is 39.5 Å². The van der Waals surface area contributed by atoms with Crippen LogP contribution in [0.5, 0.6) is 0 Å². The van der Waals surface area contributed by atoms with Crippen molar-refractivity contribution in [3.63, 3.8) is 0 Å². The number of ketones is 1. The van der Waals surface area contributed by atoms with Crippen molar-refractivity contribution in [2.45, 2.75) is 39.5 Å². The van der Waals surface area contributed by atoms with Gasteiger partial charge in [0, 0.05) is 24.3 Å². The SMILES string of the molecule is CON(C)C(=O)[C@H]1[C@H]2CCC[C@@]2(C)C(=O)C[C@]1(C)C=O. The standard InChI is InChI=1S/C15H23NO4/c1-14(9-17)8-11(18)15(2)7-5-6-10(15)12(14)13(19)16(3)20-4/h9-10,12H,5-8H2,1-4H3/t10-,12-,14-,15-/m1/s1. The molecule has 0 aromatic heterocycles. The third-order valence-corrected chi connectivity index (χ3v) is 5.44. The van der Waals surface area contributed by atoms with E-state index in [1.807, 2.05) is 6.92 Å². The summed E-state index contributed by atoms with van der Waals surface area (Å²) in [5, 5.41) is 1.18. The molecule has 5 nitrogen and oxygen atoms in total. The molecule has 0 N–H and O–H groups in total. The van der Waals surface area contributed by atoms with Gasteiger partial charge in [0.25, 0.3) is 0 Å². The van der Waals surface area contributed by atoms with Crippen molar-refractivity contribution in [3.05, 3.63) is 0 Å². The van der Waals surface area contributed by atoms with Crippen molar-refractivity contribution in [1.82, 2.24) is 5.06 Å². The van der Waals surface area contributed by atoms with Gasteiger partial charge in [-0.05, 0) is 18.8 Å². The van der Waals surface area contributed by atoms with Gasteiger partial charge in [-0.2, -0.15) is 0 Å². The molecule has 0 unspecified atom stereocenters. The number of carbonyl (C=O) groups is 3. The average molecular weight is 281 g/mol. The molecule has 5 heteroatoms. The molecule has 2 aliphatic rings. The van der Waals surface area contributed by atoms with Crippen molar-refractivity contribution >= 4 is 18.0 Å². The summed E-state index contributed by atoms with van der Waals surface area (Å²) in [6.45, 7) is 3.67. The lowest BCUT2D eigenvalue weighted by Crippen LogP contribution is -2.56. The molecule has 0 saturated heterocycles. The van der Waals surface area contributed by atoms with Crippen LogP contribution >= 0.6 is 0 Å². The second-order valence-electron chi connectivity index (χ2n) is 6.64. The van der Waals surface area contributed by atoms with Crippen LogP contribution in [0.3, 0.4) is 0 Å². The second kappa shape index (κ2) is 4.95. The summed E-state index contributed by atoms with van der Waals surface area (Å²) in [6, 6.07) is 0. The summed E-state index contributed by atoms with van der Waals surface area (Å²) in [4.78, 5) is 41.7. The molecule has 2 saturated carbocycles. The van der Waals surface area contributed by atoms with Crippen LogP contribution in [0.4, 0.5) is 0 Å². The highest BCUT2D eigenvalue weighted by Gasteiger charge is 2.60. The summed E-state index contributed by atoms with van der Waals surface area (Å²) in [5.41, 5.74) is -1.38. The third-order valence-electron chi connectivity index (χ3n) is 5.44. The van der Waals surface area contributed by atoms with Crippen LogP contribution in [-0.2, 0) is 19.2 Å². The molecule has 1 amide bonds. The molecular weight excluding hydrogens is 258 g/mol. The van der Waals surface area contributed by atoms with Gasteiger partial charge >= 0.3 is 0 Å². The fraction of sp³-hybridized carbons (Fsp3) is 0.800. The number of Topliss-reactive ketones (excluding diaryl/α,β-unsaturated/α-hetero) is 1. The fourth-order valence-corrected chi connectivity index (χ4v) is 4.05. The number of nitrogens with zero attached hydrogens (tertiary/aromatic N) is 1. The van der Waals surface area contributed by atoms with Crippen molar-refractivity contribution < 1.29 is 19.2 Å². The topological polar surface area (TPSA) is 63.7 Å². The van der Waals surface area contributed by atoms with E-state index in [1.165, 1.54) is 12.2 Å². The van der Waals surface area contributed by atoms with E-state index < -0.39 is 16.7 Å². The molecule has 0 aromatic rings. The highest BCUT2D eigenvalue weighted by Crippen LogP contribution is 2.57. The Morgan fingerprint density at radius 1 is 1.45 bits per heavy atom. The largest absolute Gasteiger partial charge is 0.303 e. The van der Waals surface area contributed by atoms with E-state index in [9.17, 15) is 14.4 Å². The lowest BCUT2D eigenvalue weighted by atomic mass is 9.54. The van der Waals surface area contributed by atoms with E-state index >= 15 is 0 Å². The predicted molar refractivity (Wildman–Crippen MR) is 72.5 cm³/mol. The number of fused-ring (bicyclic) bond motifs is 1. The highest BCUT2D eigenvalue weighted by atomic mass is 16.7. The van der Waals surface area contributed by atoms with Crippen LogP contribution in [0, 0.1) is 22.7 Å². The van der Waals surface area contributed by atoms with Crippen molar-refractivity contribution in [2.75, 3.05) is 14.2 Å². The quantitative estimate of drug-likeness (QED) is 0.582. The summed E-state index contributed by atoms with van der Waals surface area (Å²) < 4.78 is 0. The van der Waals surface area contributed by atoms with E-state index in [0.29, 0.717) is 0 Å². The third kappa shape index (κ3) is 1.99. The van der Waals surface area contributed by atoms with Crippen molar-refractivity contribution in [3.8, 4) is 0 Å². The zero-order chi connectivity index (χ0) is 15.1. The Balaban J connectivity index is 2.45. The number of rotatable bonds is 3. The Bertz CT molecular complexity index is 449. The van der Waals surface area contributed by atoms with E-state index in [1.54, 1.807) is 14.0 Å². The van der Waals surface area contributed by atoms with E-state index in [4.69, 9.17) is 4.84 Å². The molecule has 0 heterocycles. The summed E-state index contributed by atoms with van der Waals surface area (Å²) in [7, 11) is 2.98. The van der Waals surface area contributed by atoms with E-state index in [-0.39, 0.29) is 24.0 Å². The molecule has 0 radical (unpaired) electrons. The van der Waals surface area contributed by atoms with Gasteiger partial charge in [0.15, 0.2) is 0 Å². The van der Waals surface area contributed by atoms with Crippen molar-refractivity contribution in [1.29, 1.82) is 0 Å². The van der Waals surface area contributed by atoms with Crippen LogP contribution in [0.2, 0.25) is 0 Å². The molecule has 2 rings (SSSR count). The fourth-order valence-electron chi connectivity index (χ4n) is 4.05. The summed E-state index contributed by atoms with van der Waals surface area (Å²) >= 11 is 0. The summed E-state index contributed by atoms with van der Waals surface area (Å²) in [6.07, 6.45) is 3.50. The van der Waals surface area contributed by atoms with Gasteiger partial charge in [-0.1, -0.05) is 20.3 Å². The molecule has 0 spiro atoms. The van der Waals surface area contributed by atoms with Gasteiger partial charge in [-0.15, -0.1) is 0 Å². The minimum absolute atomic E-state index is 0.0657. The van der Waals surface area contributed by atoms with E-state index in [0.717, 1.165) is 25.5 Å². The molecule has 0 bridgehead atoms. The van der Waals surface area contributed by atoms with Crippen LogP contribution in [0.25, 0.3) is 0 Å². The molecule has 2 aliphatic carbocycles. The van der Waals surface area contributed by atoms with Gasteiger partial charge < -0.3 is 4.79 Å². The first-order valence-corrected chi connectivity index (χ1v) is 7.11. The second-order valence-corrected chi connectivity index (χ2v) is 6.64. The first kappa shape index (κ1) is 15.2. The molecule has 0 aliphatic heterocycles. The smallest absolute Gasteiger partial charge is 0.250 e. The molecule has 4 atom stereocenters. The molecule has 20 heavy (non-hydrogen) atoms. The maximum Gasteiger partial charge on any atom is 0.250 e. The lowest BCUT2D eigenvalue weighted by molar-refractivity contribution is -0.186. The minimum Gasteiger partial charge on any atom is -0.303 e. The molecule has 0 aromatic carbocycles. The Hall–Kier alpha value is -1.23. The van der Waals surface area contributed by atoms with Gasteiger partial charge in [-0.3, -0.25) is 14.4 Å². The number of hydroxylamine groups is 2. The van der Waals surface area contributed by atoms with Crippen molar-refractivity contribution in [2.24, 2.45) is 22.7 Å². The zero-order valence-corrected chi connectivity index (χ0v) is 12.6. The zero-order valence-electron chi connectivity index (χ0n) is 12.6. The predicted octanol–water partition coefficient (Wildman–Crippen LogP) is 1.61. The normalized spacial score (nSPS) is 40.3. The monoisotopic (exact) mass is 281 g/mol. The molecule has 2 fully saturated rings. The van der Waals surface area contributed by atoms with Gasteiger partial charge in [0.05, 0.1) is 13.0 Å². The Labute approximate surface area is 119 Å². The van der Waals surface area contributed by atoms with Gasteiger partial charge in [-0.25, -0.2) is 5.06 Å². The minimum atomic E-state index is -0.921. The molecule has 112 valence electrons. The number of amides is 1. The maximum atomic E-state index is 12.6. The number of hydrogen-bond acceptors (Lipinski definition) is 4. The lowest BCUT2D eigenvalue weighted by Gasteiger charge is -2.48. The number of hydrogen-bond donors (Lipinski definition) is 0. The van der Waals surface area contributed by atoms with Crippen LogP contribution < -0.4 is 0 Å². The Morgan fingerprint density at radius 3 is 2.65 bits per heavy atom. The maximum absolute atomic E-state index is 12.6. The highest BCUT2D eigenvalue weighted by molar-refractivity contribution is 5.94. The van der Waals surface area contributed by atoms with Crippen LogP contribution in [0.15, 0.2) is 0 Å².